The minimum atomic E-state index is -0.223. The van der Waals surface area contributed by atoms with E-state index < -0.39 is 0 Å². The first-order valence-electron chi connectivity index (χ1n) is 7.97. The number of carbonyl (C=O) groups is 1. The number of hydrogen-bond donors (Lipinski definition) is 1. The molecule has 6 heteroatoms. The molecule has 1 amide bonds. The van der Waals surface area contributed by atoms with E-state index in [1.807, 2.05) is 37.3 Å². The molecule has 0 bridgehead atoms. The topological polar surface area (TPSA) is 63.7 Å². The molecule has 6 nitrogen and oxygen atoms in total. The first-order valence-corrected chi connectivity index (χ1v) is 7.97. The van der Waals surface area contributed by atoms with Crippen molar-refractivity contribution < 1.29 is 14.3 Å². The molecule has 0 atom stereocenters. The average molecular weight is 327 g/mol. The van der Waals surface area contributed by atoms with E-state index >= 15 is 0 Å². The third kappa shape index (κ3) is 3.49. The lowest BCUT2D eigenvalue weighted by Crippen LogP contribution is -2.36. The lowest BCUT2D eigenvalue weighted by molar-refractivity contribution is 0.0960. The molecule has 0 unspecified atom stereocenters. The number of nitrogens with one attached hydrogen (secondary N) is 1. The Kier molecular flexibility index (Phi) is 4.96. The van der Waals surface area contributed by atoms with E-state index in [2.05, 4.69) is 15.2 Å². The number of carbonyl (C=O) groups excluding carboxylic acids is 1. The maximum atomic E-state index is 12.1. The molecule has 24 heavy (non-hydrogen) atoms. The van der Waals surface area contributed by atoms with Crippen LogP contribution in [0.5, 0.6) is 11.5 Å². The molecule has 1 aliphatic rings. The second-order valence-corrected chi connectivity index (χ2v) is 5.58. The van der Waals surface area contributed by atoms with Gasteiger partial charge >= 0.3 is 0 Å². The Bertz CT molecular complexity index is 727. The van der Waals surface area contributed by atoms with Gasteiger partial charge in [0.1, 0.15) is 22.9 Å². The Morgan fingerprint density at radius 1 is 1.25 bits per heavy atom. The Morgan fingerprint density at radius 2 is 2.00 bits per heavy atom. The highest BCUT2D eigenvalue weighted by Crippen LogP contribution is 2.30. The molecule has 3 rings (SSSR count). The minimum Gasteiger partial charge on any atom is -0.456 e. The van der Waals surface area contributed by atoms with Gasteiger partial charge < -0.3 is 19.7 Å². The molecular formula is C18H21N3O3. The maximum absolute atomic E-state index is 12.1. The molecule has 0 aliphatic carbocycles. The van der Waals surface area contributed by atoms with Crippen LogP contribution in [-0.2, 0) is 4.74 Å². The first kappa shape index (κ1) is 16.3. The van der Waals surface area contributed by atoms with Crippen LogP contribution in [0.1, 0.15) is 15.9 Å². The SMILES string of the molecule is CNC(=O)c1cnc(N2CCOCC2)cc1Oc1ccccc1C. The fourth-order valence-electron chi connectivity index (χ4n) is 2.57. The zero-order valence-electron chi connectivity index (χ0n) is 13.9. The van der Waals surface area contributed by atoms with Crippen LogP contribution in [0.3, 0.4) is 0 Å². The quantitative estimate of drug-likeness (QED) is 0.934. The van der Waals surface area contributed by atoms with Crippen molar-refractivity contribution in [1.29, 1.82) is 0 Å². The fraction of sp³-hybridized carbons (Fsp3) is 0.333. The van der Waals surface area contributed by atoms with Crippen molar-refractivity contribution >= 4 is 11.7 Å². The highest BCUT2D eigenvalue weighted by Gasteiger charge is 2.18. The average Bonchev–Trinajstić information content (AvgIpc) is 2.63. The molecule has 0 spiro atoms. The summed E-state index contributed by atoms with van der Waals surface area (Å²) in [6, 6.07) is 9.54. The van der Waals surface area contributed by atoms with Crippen LogP contribution in [0.2, 0.25) is 0 Å². The number of benzene rings is 1. The predicted molar refractivity (Wildman–Crippen MR) is 91.9 cm³/mol. The fourth-order valence-corrected chi connectivity index (χ4v) is 2.57. The van der Waals surface area contributed by atoms with E-state index in [0.717, 1.165) is 30.2 Å². The Morgan fingerprint density at radius 3 is 2.71 bits per heavy atom. The monoisotopic (exact) mass is 327 g/mol. The summed E-state index contributed by atoms with van der Waals surface area (Å²) in [7, 11) is 1.59. The number of pyridine rings is 1. The molecule has 1 fully saturated rings. The Labute approximate surface area is 141 Å². The van der Waals surface area contributed by atoms with Gasteiger partial charge in [-0.15, -0.1) is 0 Å². The van der Waals surface area contributed by atoms with Gasteiger partial charge in [-0.3, -0.25) is 4.79 Å². The second kappa shape index (κ2) is 7.31. The van der Waals surface area contributed by atoms with Crippen molar-refractivity contribution in [1.82, 2.24) is 10.3 Å². The van der Waals surface area contributed by atoms with E-state index in [1.54, 1.807) is 13.2 Å². The zero-order valence-corrected chi connectivity index (χ0v) is 13.9. The predicted octanol–water partition coefficient (Wildman–Crippen LogP) is 2.38. The number of aryl methyl sites for hydroxylation is 1. The number of rotatable bonds is 4. The van der Waals surface area contributed by atoms with Crippen molar-refractivity contribution in [3.05, 3.63) is 47.7 Å². The van der Waals surface area contributed by atoms with E-state index in [4.69, 9.17) is 9.47 Å². The number of hydrogen-bond acceptors (Lipinski definition) is 5. The third-order valence-electron chi connectivity index (χ3n) is 3.97. The van der Waals surface area contributed by atoms with Crippen molar-refractivity contribution in [2.75, 3.05) is 38.3 Å². The van der Waals surface area contributed by atoms with E-state index in [1.165, 1.54) is 0 Å². The summed E-state index contributed by atoms with van der Waals surface area (Å²) in [4.78, 5) is 18.7. The van der Waals surface area contributed by atoms with Gasteiger partial charge in [-0.25, -0.2) is 4.98 Å². The number of anilines is 1. The molecule has 0 radical (unpaired) electrons. The summed E-state index contributed by atoms with van der Waals surface area (Å²) in [5, 5.41) is 2.63. The molecule has 2 aromatic rings. The second-order valence-electron chi connectivity index (χ2n) is 5.58. The number of aromatic nitrogens is 1. The van der Waals surface area contributed by atoms with Gasteiger partial charge in [-0.05, 0) is 18.6 Å². The van der Waals surface area contributed by atoms with Gasteiger partial charge in [0, 0.05) is 32.4 Å². The maximum Gasteiger partial charge on any atom is 0.256 e. The van der Waals surface area contributed by atoms with Crippen LogP contribution in [0.25, 0.3) is 0 Å². The van der Waals surface area contributed by atoms with Gasteiger partial charge in [0.2, 0.25) is 0 Å². The molecule has 1 aromatic heterocycles. The highest BCUT2D eigenvalue weighted by atomic mass is 16.5. The third-order valence-corrected chi connectivity index (χ3v) is 3.97. The number of morpholine rings is 1. The van der Waals surface area contributed by atoms with Crippen LogP contribution >= 0.6 is 0 Å². The molecule has 126 valence electrons. The van der Waals surface area contributed by atoms with Crippen molar-refractivity contribution in [3.8, 4) is 11.5 Å². The summed E-state index contributed by atoms with van der Waals surface area (Å²) < 4.78 is 11.4. The van der Waals surface area contributed by atoms with Crippen molar-refractivity contribution in [2.45, 2.75) is 6.92 Å². The van der Waals surface area contributed by atoms with Crippen LogP contribution in [0, 0.1) is 6.92 Å². The normalized spacial score (nSPS) is 14.3. The van der Waals surface area contributed by atoms with Crippen LogP contribution in [0.15, 0.2) is 36.5 Å². The van der Waals surface area contributed by atoms with Crippen molar-refractivity contribution in [3.63, 3.8) is 0 Å². The van der Waals surface area contributed by atoms with Gasteiger partial charge in [-0.2, -0.15) is 0 Å². The van der Waals surface area contributed by atoms with E-state index in [-0.39, 0.29) is 5.91 Å². The molecule has 1 aromatic carbocycles. The summed E-state index contributed by atoms with van der Waals surface area (Å²) >= 11 is 0. The number of amides is 1. The van der Waals surface area contributed by atoms with E-state index in [0.29, 0.717) is 24.5 Å². The number of para-hydroxylation sites is 1. The van der Waals surface area contributed by atoms with Crippen LogP contribution in [0.4, 0.5) is 5.82 Å². The number of nitrogens with zero attached hydrogens (tertiary/aromatic N) is 2. The lowest BCUT2D eigenvalue weighted by atomic mass is 10.2. The van der Waals surface area contributed by atoms with Gasteiger partial charge in [-0.1, -0.05) is 18.2 Å². The molecule has 2 heterocycles. The van der Waals surface area contributed by atoms with Gasteiger partial charge in [0.15, 0.2) is 0 Å². The van der Waals surface area contributed by atoms with Crippen molar-refractivity contribution in [2.24, 2.45) is 0 Å². The van der Waals surface area contributed by atoms with E-state index in [9.17, 15) is 4.79 Å². The molecule has 0 saturated carbocycles. The first-order chi connectivity index (χ1) is 11.7. The highest BCUT2D eigenvalue weighted by molar-refractivity contribution is 5.96. The largest absolute Gasteiger partial charge is 0.456 e. The molecular weight excluding hydrogens is 306 g/mol. The summed E-state index contributed by atoms with van der Waals surface area (Å²) in [5.74, 6) is 1.79. The van der Waals surface area contributed by atoms with Crippen LogP contribution in [-0.4, -0.2) is 44.2 Å². The molecule has 1 N–H and O–H groups in total. The summed E-state index contributed by atoms with van der Waals surface area (Å²) in [5.41, 5.74) is 1.42. The molecule has 1 aliphatic heterocycles. The Balaban J connectivity index is 1.96. The standard InChI is InChI=1S/C18H21N3O3/c1-13-5-3-4-6-15(13)24-16-11-17(21-7-9-23-10-8-21)20-12-14(16)18(22)19-2/h3-6,11-12H,7-10H2,1-2H3,(H,19,22). The smallest absolute Gasteiger partial charge is 0.256 e. The minimum absolute atomic E-state index is 0.223. The lowest BCUT2D eigenvalue weighted by Gasteiger charge is -2.28. The zero-order chi connectivity index (χ0) is 16.9. The summed E-state index contributed by atoms with van der Waals surface area (Å²) in [6.45, 7) is 4.87. The summed E-state index contributed by atoms with van der Waals surface area (Å²) in [6.07, 6.45) is 1.57. The van der Waals surface area contributed by atoms with Gasteiger partial charge in [0.05, 0.1) is 13.2 Å². The molecule has 1 saturated heterocycles. The van der Waals surface area contributed by atoms with Gasteiger partial charge in [0.25, 0.3) is 5.91 Å². The number of ether oxygens (including phenoxy) is 2. The Hall–Kier alpha value is -2.60. The van der Waals surface area contributed by atoms with Crippen LogP contribution < -0.4 is 15.0 Å².